The van der Waals surface area contributed by atoms with Gasteiger partial charge >= 0.3 is 7.12 Å². The van der Waals surface area contributed by atoms with Crippen molar-refractivity contribution in [2.45, 2.75) is 66.0 Å². The molecule has 23 heavy (non-hydrogen) atoms. The summed E-state index contributed by atoms with van der Waals surface area (Å²) in [7, 11) is -0.342. The molecule has 2 rings (SSSR count). The summed E-state index contributed by atoms with van der Waals surface area (Å²) < 4.78 is 12.2. The highest BCUT2D eigenvalue weighted by Crippen LogP contribution is 2.38. The Kier molecular flexibility index (Phi) is 4.50. The maximum Gasteiger partial charge on any atom is 0.462 e. The van der Waals surface area contributed by atoms with Gasteiger partial charge in [-0.1, -0.05) is 5.92 Å². The monoisotopic (exact) mass is 312 g/mol. The quantitative estimate of drug-likeness (QED) is 0.486. The smallest absolute Gasteiger partial charge is 0.403 e. The molecule has 0 N–H and O–H groups in total. The number of hydrogen-bond donors (Lipinski definition) is 0. The van der Waals surface area contributed by atoms with Crippen molar-refractivity contribution >= 4 is 13.4 Å². The van der Waals surface area contributed by atoms with Crippen molar-refractivity contribution in [3.05, 3.63) is 33.4 Å². The lowest BCUT2D eigenvalue weighted by Crippen LogP contribution is -2.41. The van der Waals surface area contributed by atoms with Gasteiger partial charge in [0.25, 0.3) is 0 Å². The van der Waals surface area contributed by atoms with Crippen LogP contribution in [-0.2, 0) is 15.6 Å². The molecule has 0 bridgehead atoms. The molecule has 1 aromatic rings. The predicted octanol–water partition coefficient (Wildman–Crippen LogP) is 3.58. The first-order chi connectivity index (χ1) is 10.6. The first kappa shape index (κ1) is 17.8. The van der Waals surface area contributed by atoms with Crippen LogP contribution in [0.3, 0.4) is 0 Å². The van der Waals surface area contributed by atoms with Crippen LogP contribution < -0.4 is 0 Å². The van der Waals surface area contributed by atoms with E-state index in [-0.39, 0.29) is 18.3 Å². The second-order valence-electron chi connectivity index (χ2n) is 7.29. The fourth-order valence-corrected chi connectivity index (χ4v) is 3.21. The normalized spacial score (nSPS) is 18.8. The van der Waals surface area contributed by atoms with E-state index in [0.717, 1.165) is 34.1 Å². The van der Waals surface area contributed by atoms with E-state index in [4.69, 9.17) is 15.7 Å². The summed E-state index contributed by atoms with van der Waals surface area (Å²) in [5.41, 5.74) is 4.64. The maximum atomic E-state index is 11.5. The molecule has 0 aliphatic carbocycles. The molecule has 122 valence electrons. The highest BCUT2D eigenvalue weighted by Gasteiger charge is 2.51. The fourth-order valence-electron chi connectivity index (χ4n) is 3.21. The van der Waals surface area contributed by atoms with E-state index in [9.17, 15) is 4.79 Å². The van der Waals surface area contributed by atoms with Gasteiger partial charge in [-0.2, -0.15) is 0 Å². The predicted molar refractivity (Wildman–Crippen MR) is 93.8 cm³/mol. The van der Waals surface area contributed by atoms with Crippen LogP contribution in [0.1, 0.15) is 65.9 Å². The number of carbonyl (C=O) groups excluding carboxylic acids is 1. The Morgan fingerprint density at radius 3 is 2.00 bits per heavy atom. The Labute approximate surface area is 139 Å². The van der Waals surface area contributed by atoms with Gasteiger partial charge in [-0.15, -0.1) is 6.42 Å². The Balaban J connectivity index is 2.46. The van der Waals surface area contributed by atoms with Crippen molar-refractivity contribution in [2.24, 2.45) is 0 Å². The highest BCUT2D eigenvalue weighted by molar-refractivity contribution is 6.45. The summed E-state index contributed by atoms with van der Waals surface area (Å²) >= 11 is 0. The standard InChI is InChI=1S/C19H25BO3/c1-9-15-12(2)16(14(4)17(11-21)13(15)3)10-20-22-18(5,6)19(7,8)23-20/h1,11H,10H2,2-8H3. The summed E-state index contributed by atoms with van der Waals surface area (Å²) in [5, 5.41) is 0. The molecule has 1 aliphatic rings. The largest absolute Gasteiger partial charge is 0.462 e. The second-order valence-corrected chi connectivity index (χ2v) is 7.29. The minimum Gasteiger partial charge on any atom is -0.403 e. The molecule has 0 radical (unpaired) electrons. The van der Waals surface area contributed by atoms with Crippen molar-refractivity contribution in [3.63, 3.8) is 0 Å². The summed E-state index contributed by atoms with van der Waals surface area (Å²) in [6.45, 7) is 14.0. The molecular formula is C19H25BO3. The number of carbonyl (C=O) groups is 1. The lowest BCUT2D eigenvalue weighted by atomic mass is 9.75. The van der Waals surface area contributed by atoms with Crippen LogP contribution in [0, 0.1) is 33.1 Å². The van der Waals surface area contributed by atoms with Crippen molar-refractivity contribution in [3.8, 4) is 12.3 Å². The highest BCUT2D eigenvalue weighted by atomic mass is 16.7. The second kappa shape index (κ2) is 5.81. The molecule has 1 aliphatic heterocycles. The van der Waals surface area contributed by atoms with E-state index in [2.05, 4.69) is 5.92 Å². The Bertz CT molecular complexity index is 680. The summed E-state index contributed by atoms with van der Waals surface area (Å²) in [4.78, 5) is 11.5. The first-order valence-electron chi connectivity index (χ1n) is 7.95. The van der Waals surface area contributed by atoms with E-state index in [0.29, 0.717) is 11.9 Å². The topological polar surface area (TPSA) is 35.5 Å². The zero-order valence-electron chi connectivity index (χ0n) is 15.2. The Morgan fingerprint density at radius 2 is 1.57 bits per heavy atom. The minimum atomic E-state index is -0.368. The summed E-state index contributed by atoms with van der Waals surface area (Å²) in [6, 6.07) is 0. The Hall–Kier alpha value is -1.57. The first-order valence-corrected chi connectivity index (χ1v) is 7.95. The van der Waals surface area contributed by atoms with E-state index >= 15 is 0 Å². The van der Waals surface area contributed by atoms with Gasteiger partial charge in [-0.05, 0) is 70.7 Å². The summed E-state index contributed by atoms with van der Waals surface area (Å²) in [5.74, 6) is 2.72. The van der Waals surface area contributed by atoms with Crippen LogP contribution >= 0.6 is 0 Å². The molecule has 0 aromatic heterocycles. The average molecular weight is 312 g/mol. The van der Waals surface area contributed by atoms with Crippen molar-refractivity contribution < 1.29 is 14.1 Å². The molecule has 1 saturated heterocycles. The number of benzene rings is 1. The molecule has 4 heteroatoms. The van der Waals surface area contributed by atoms with Crippen molar-refractivity contribution in [2.75, 3.05) is 0 Å². The average Bonchev–Trinajstić information content (AvgIpc) is 2.64. The molecule has 0 atom stereocenters. The van der Waals surface area contributed by atoms with Gasteiger partial charge in [-0.25, -0.2) is 0 Å². The number of aldehydes is 1. The minimum absolute atomic E-state index is 0.342. The van der Waals surface area contributed by atoms with Crippen molar-refractivity contribution in [1.82, 2.24) is 0 Å². The van der Waals surface area contributed by atoms with Gasteiger partial charge in [0.1, 0.15) is 0 Å². The van der Waals surface area contributed by atoms with Gasteiger partial charge in [0, 0.05) is 17.4 Å². The van der Waals surface area contributed by atoms with E-state index in [1.165, 1.54) is 0 Å². The molecule has 1 heterocycles. The number of rotatable bonds is 3. The molecule has 0 unspecified atom stereocenters. The zero-order chi connectivity index (χ0) is 17.6. The van der Waals surface area contributed by atoms with Gasteiger partial charge in [0.2, 0.25) is 0 Å². The molecule has 1 aromatic carbocycles. The number of hydrogen-bond acceptors (Lipinski definition) is 3. The third-order valence-corrected chi connectivity index (χ3v) is 5.40. The molecule has 3 nitrogen and oxygen atoms in total. The van der Waals surface area contributed by atoms with Crippen LogP contribution in [0.25, 0.3) is 0 Å². The van der Waals surface area contributed by atoms with Crippen LogP contribution in [0.15, 0.2) is 0 Å². The number of terminal acetylenes is 1. The lowest BCUT2D eigenvalue weighted by molar-refractivity contribution is 0.00578. The third kappa shape index (κ3) is 2.84. The van der Waals surface area contributed by atoms with Crippen LogP contribution in [0.2, 0.25) is 0 Å². The maximum absolute atomic E-state index is 11.5. The van der Waals surface area contributed by atoms with Gasteiger partial charge in [0.15, 0.2) is 6.29 Å². The Morgan fingerprint density at radius 1 is 1.04 bits per heavy atom. The van der Waals surface area contributed by atoms with Gasteiger partial charge in [-0.3, -0.25) is 4.79 Å². The molecular weight excluding hydrogens is 287 g/mol. The van der Waals surface area contributed by atoms with Gasteiger partial charge < -0.3 is 9.31 Å². The zero-order valence-corrected chi connectivity index (χ0v) is 15.2. The van der Waals surface area contributed by atoms with E-state index in [1.807, 2.05) is 48.5 Å². The van der Waals surface area contributed by atoms with E-state index < -0.39 is 0 Å². The molecule has 0 saturated carbocycles. The molecule has 0 amide bonds. The molecule has 0 spiro atoms. The van der Waals surface area contributed by atoms with Crippen LogP contribution in [0.5, 0.6) is 0 Å². The van der Waals surface area contributed by atoms with Crippen LogP contribution in [-0.4, -0.2) is 24.6 Å². The van der Waals surface area contributed by atoms with E-state index in [1.54, 1.807) is 0 Å². The van der Waals surface area contributed by atoms with Crippen molar-refractivity contribution in [1.29, 1.82) is 0 Å². The molecule has 1 fully saturated rings. The SMILES string of the molecule is C#Cc1c(C)c(C=O)c(C)c(CB2OC(C)(C)C(C)(C)O2)c1C. The lowest BCUT2D eigenvalue weighted by Gasteiger charge is -2.32. The summed E-state index contributed by atoms with van der Waals surface area (Å²) in [6.07, 6.45) is 7.13. The fraction of sp³-hybridized carbons (Fsp3) is 0.526. The third-order valence-electron chi connectivity index (χ3n) is 5.40. The van der Waals surface area contributed by atoms with Crippen LogP contribution in [0.4, 0.5) is 0 Å². The van der Waals surface area contributed by atoms with Gasteiger partial charge in [0.05, 0.1) is 11.2 Å².